The van der Waals surface area contributed by atoms with Gasteiger partial charge in [-0.05, 0) is 25.1 Å². The van der Waals surface area contributed by atoms with Crippen molar-refractivity contribution < 1.29 is 0 Å². The molecule has 1 atom stereocenters. The average molecular weight is 212 g/mol. The van der Waals surface area contributed by atoms with Gasteiger partial charge >= 0.3 is 0 Å². The third kappa shape index (κ3) is 2.25. The zero-order chi connectivity index (χ0) is 10.7. The highest BCUT2D eigenvalue weighted by Gasteiger charge is 2.11. The Hall–Kier alpha value is -1.06. The van der Waals surface area contributed by atoms with E-state index >= 15 is 0 Å². The number of rotatable bonds is 3. The molecule has 1 aromatic rings. The van der Waals surface area contributed by atoms with E-state index in [0.29, 0.717) is 10.7 Å². The molecule has 0 aliphatic heterocycles. The van der Waals surface area contributed by atoms with E-state index in [1.807, 2.05) is 6.07 Å². The predicted octanol–water partition coefficient (Wildman–Crippen LogP) is 2.10. The van der Waals surface area contributed by atoms with Crippen LogP contribution in [0, 0.1) is 5.41 Å². The highest BCUT2D eigenvalue weighted by Crippen LogP contribution is 2.21. The predicted molar refractivity (Wildman–Crippen MR) is 61.5 cm³/mol. The van der Waals surface area contributed by atoms with Crippen LogP contribution in [0.25, 0.3) is 0 Å². The van der Waals surface area contributed by atoms with Gasteiger partial charge in [0.1, 0.15) is 0 Å². The van der Waals surface area contributed by atoms with Gasteiger partial charge in [0.05, 0.1) is 5.71 Å². The van der Waals surface area contributed by atoms with Crippen molar-refractivity contribution >= 4 is 23.0 Å². The summed E-state index contributed by atoms with van der Waals surface area (Å²) in [5, 5.41) is 11.4. The first-order valence-electron chi connectivity index (χ1n) is 4.38. The minimum absolute atomic E-state index is 0.291. The molecular formula is C10H14ClN3. The maximum Gasteiger partial charge on any atom is 0.0572 e. The highest BCUT2D eigenvalue weighted by molar-refractivity contribution is 6.31. The van der Waals surface area contributed by atoms with E-state index in [9.17, 15) is 0 Å². The fourth-order valence-electron chi connectivity index (χ4n) is 1.20. The molecule has 0 saturated carbocycles. The van der Waals surface area contributed by atoms with Crippen LogP contribution in [0.5, 0.6) is 0 Å². The summed E-state index contributed by atoms with van der Waals surface area (Å²) in [6, 6.07) is 5.08. The molecule has 0 aliphatic carbocycles. The van der Waals surface area contributed by atoms with Crippen LogP contribution in [0.4, 0.5) is 5.69 Å². The van der Waals surface area contributed by atoms with E-state index in [-0.39, 0.29) is 6.04 Å². The number of benzene rings is 1. The number of hydrogen-bond donors (Lipinski definition) is 3. The molecular weight excluding hydrogens is 198 g/mol. The molecule has 76 valence electrons. The van der Waals surface area contributed by atoms with E-state index in [0.717, 1.165) is 11.3 Å². The van der Waals surface area contributed by atoms with Crippen LogP contribution < -0.4 is 11.1 Å². The van der Waals surface area contributed by atoms with Crippen LogP contribution in [0.2, 0.25) is 5.02 Å². The van der Waals surface area contributed by atoms with E-state index in [1.54, 1.807) is 26.1 Å². The fourth-order valence-corrected chi connectivity index (χ4v) is 1.37. The van der Waals surface area contributed by atoms with Crippen molar-refractivity contribution in [1.29, 1.82) is 5.41 Å². The number of nitrogens with two attached hydrogens (primary N) is 1. The summed E-state index contributed by atoms with van der Waals surface area (Å²) < 4.78 is 0. The van der Waals surface area contributed by atoms with Gasteiger partial charge in [-0.15, -0.1) is 0 Å². The molecule has 4 N–H and O–H groups in total. The molecule has 0 amide bonds. The zero-order valence-electron chi connectivity index (χ0n) is 8.26. The van der Waals surface area contributed by atoms with Crippen molar-refractivity contribution in [2.24, 2.45) is 5.73 Å². The van der Waals surface area contributed by atoms with Gasteiger partial charge in [-0.25, -0.2) is 0 Å². The van der Waals surface area contributed by atoms with Crippen LogP contribution in [0.3, 0.4) is 0 Å². The third-order valence-electron chi connectivity index (χ3n) is 2.00. The SMILES string of the molecule is CNc1ccc(Cl)cc1C(=N)C(C)N. The zero-order valence-corrected chi connectivity index (χ0v) is 9.02. The summed E-state index contributed by atoms with van der Waals surface area (Å²) in [5.74, 6) is 0. The molecule has 0 fully saturated rings. The number of nitrogens with one attached hydrogen (secondary N) is 2. The standard InChI is InChI=1S/C10H14ClN3/c1-6(12)10(13)8-5-7(11)3-4-9(8)14-2/h3-6,13-14H,12H2,1-2H3. The summed E-state index contributed by atoms with van der Waals surface area (Å²) >= 11 is 5.86. The average Bonchev–Trinajstić information content (AvgIpc) is 2.16. The molecule has 0 saturated heterocycles. The van der Waals surface area contributed by atoms with Gasteiger partial charge in [0.15, 0.2) is 0 Å². The van der Waals surface area contributed by atoms with Crippen LogP contribution in [-0.2, 0) is 0 Å². The lowest BCUT2D eigenvalue weighted by Crippen LogP contribution is -2.27. The summed E-state index contributed by atoms with van der Waals surface area (Å²) in [4.78, 5) is 0. The largest absolute Gasteiger partial charge is 0.388 e. The smallest absolute Gasteiger partial charge is 0.0572 e. The Balaban J connectivity index is 3.17. The summed E-state index contributed by atoms with van der Waals surface area (Å²) in [5.41, 5.74) is 7.66. The molecule has 14 heavy (non-hydrogen) atoms. The monoisotopic (exact) mass is 211 g/mol. The minimum atomic E-state index is -0.291. The lowest BCUT2D eigenvalue weighted by atomic mass is 10.0. The molecule has 1 rings (SSSR count). The Morgan fingerprint density at radius 3 is 2.71 bits per heavy atom. The van der Waals surface area contributed by atoms with Crippen LogP contribution in [0.15, 0.2) is 18.2 Å². The second kappa shape index (κ2) is 4.44. The maximum absolute atomic E-state index is 7.80. The Bertz CT molecular complexity index is 347. The molecule has 0 aromatic heterocycles. The van der Waals surface area contributed by atoms with Crippen molar-refractivity contribution in [3.8, 4) is 0 Å². The molecule has 3 nitrogen and oxygen atoms in total. The van der Waals surface area contributed by atoms with Crippen LogP contribution in [0.1, 0.15) is 12.5 Å². The first kappa shape index (κ1) is 11.0. The molecule has 0 aliphatic rings. The fraction of sp³-hybridized carbons (Fsp3) is 0.300. The number of hydrogen-bond acceptors (Lipinski definition) is 3. The van der Waals surface area contributed by atoms with Crippen molar-refractivity contribution in [2.75, 3.05) is 12.4 Å². The molecule has 4 heteroatoms. The highest BCUT2D eigenvalue weighted by atomic mass is 35.5. The molecule has 1 unspecified atom stereocenters. The quantitative estimate of drug-likeness (QED) is 0.671. The lowest BCUT2D eigenvalue weighted by Gasteiger charge is -2.13. The van der Waals surface area contributed by atoms with Gasteiger partial charge in [0.2, 0.25) is 0 Å². The summed E-state index contributed by atoms with van der Waals surface area (Å²) in [6.45, 7) is 1.78. The normalized spacial score (nSPS) is 12.3. The Morgan fingerprint density at radius 2 is 2.21 bits per heavy atom. The van der Waals surface area contributed by atoms with Gasteiger partial charge in [0.25, 0.3) is 0 Å². The number of anilines is 1. The lowest BCUT2D eigenvalue weighted by molar-refractivity contribution is 0.965. The topological polar surface area (TPSA) is 61.9 Å². The first-order chi connectivity index (χ1) is 6.56. The molecule has 0 radical (unpaired) electrons. The van der Waals surface area contributed by atoms with E-state index in [1.165, 1.54) is 0 Å². The van der Waals surface area contributed by atoms with Crippen LogP contribution >= 0.6 is 11.6 Å². The second-order valence-corrected chi connectivity index (χ2v) is 3.58. The van der Waals surface area contributed by atoms with Crippen molar-refractivity contribution in [2.45, 2.75) is 13.0 Å². The van der Waals surface area contributed by atoms with Gasteiger partial charge < -0.3 is 16.5 Å². The Labute approximate surface area is 88.8 Å². The van der Waals surface area contributed by atoms with Gasteiger partial charge in [0, 0.05) is 29.4 Å². The summed E-state index contributed by atoms with van der Waals surface area (Å²) in [7, 11) is 1.81. The molecule has 1 aromatic carbocycles. The van der Waals surface area contributed by atoms with E-state index < -0.39 is 0 Å². The Kier molecular flexibility index (Phi) is 3.49. The minimum Gasteiger partial charge on any atom is -0.388 e. The van der Waals surface area contributed by atoms with Crippen molar-refractivity contribution in [3.63, 3.8) is 0 Å². The van der Waals surface area contributed by atoms with Gasteiger partial charge in [-0.3, -0.25) is 0 Å². The molecule has 0 bridgehead atoms. The first-order valence-corrected chi connectivity index (χ1v) is 4.75. The van der Waals surface area contributed by atoms with E-state index in [2.05, 4.69) is 5.32 Å². The van der Waals surface area contributed by atoms with Crippen LogP contribution in [-0.4, -0.2) is 18.8 Å². The summed E-state index contributed by atoms with van der Waals surface area (Å²) in [6.07, 6.45) is 0. The molecule has 0 spiro atoms. The van der Waals surface area contributed by atoms with Crippen molar-refractivity contribution in [3.05, 3.63) is 28.8 Å². The molecule has 0 heterocycles. The second-order valence-electron chi connectivity index (χ2n) is 3.14. The maximum atomic E-state index is 7.80. The van der Waals surface area contributed by atoms with Gasteiger partial charge in [-0.1, -0.05) is 11.6 Å². The Morgan fingerprint density at radius 1 is 1.57 bits per heavy atom. The van der Waals surface area contributed by atoms with Gasteiger partial charge in [-0.2, -0.15) is 0 Å². The number of halogens is 1. The van der Waals surface area contributed by atoms with E-state index in [4.69, 9.17) is 22.7 Å². The van der Waals surface area contributed by atoms with Crippen molar-refractivity contribution in [1.82, 2.24) is 0 Å². The third-order valence-corrected chi connectivity index (χ3v) is 2.23.